The van der Waals surface area contributed by atoms with Gasteiger partial charge >= 0.3 is 0 Å². The highest BCUT2D eigenvalue weighted by atomic mass is 15.0. The molecule has 1 aliphatic rings. The Morgan fingerprint density at radius 1 is 1.33 bits per heavy atom. The summed E-state index contributed by atoms with van der Waals surface area (Å²) >= 11 is 0. The summed E-state index contributed by atoms with van der Waals surface area (Å²) in [6.45, 7) is 0. The lowest BCUT2D eigenvalue weighted by Crippen LogP contribution is -1.93. The van der Waals surface area contributed by atoms with Crippen LogP contribution in [0.15, 0.2) is 30.6 Å². The van der Waals surface area contributed by atoms with Gasteiger partial charge in [-0.1, -0.05) is 0 Å². The van der Waals surface area contributed by atoms with E-state index in [0.717, 1.165) is 28.1 Å². The van der Waals surface area contributed by atoms with Gasteiger partial charge in [0.05, 0.1) is 16.9 Å². The number of rotatable bonds is 2. The topological polar surface area (TPSA) is 59.8 Å². The van der Waals surface area contributed by atoms with Gasteiger partial charge in [-0.2, -0.15) is 0 Å². The number of aromatic nitrogens is 2. The first-order valence-corrected chi connectivity index (χ1v) is 4.78. The molecule has 3 rings (SSSR count). The summed E-state index contributed by atoms with van der Waals surface area (Å²) in [6, 6.07) is 5.97. The van der Waals surface area contributed by atoms with Gasteiger partial charge in [0.25, 0.3) is 0 Å². The molecule has 0 bridgehead atoms. The molecule has 0 saturated carbocycles. The minimum Gasteiger partial charge on any atom is -0.373 e. The average molecular weight is 198 g/mol. The van der Waals surface area contributed by atoms with Gasteiger partial charge in [0.15, 0.2) is 0 Å². The van der Waals surface area contributed by atoms with E-state index in [9.17, 15) is 0 Å². The fraction of sp³-hybridized carbons (Fsp3) is 0.0909. The number of pyridine rings is 2. The van der Waals surface area contributed by atoms with E-state index in [2.05, 4.69) is 20.6 Å². The zero-order chi connectivity index (χ0) is 10.3. The molecule has 0 atom stereocenters. The van der Waals surface area contributed by atoms with Crippen molar-refractivity contribution in [2.24, 2.45) is 0 Å². The smallest absolute Gasteiger partial charge is 0.127 e. The molecule has 15 heavy (non-hydrogen) atoms. The molecule has 2 aromatic rings. The molecular formula is C11H10N4. The highest BCUT2D eigenvalue weighted by molar-refractivity contribution is 5.83. The summed E-state index contributed by atoms with van der Waals surface area (Å²) in [5.41, 5.74) is 3.04. The third kappa shape index (κ3) is 1.40. The zero-order valence-corrected chi connectivity index (χ0v) is 8.28. The first-order chi connectivity index (χ1) is 7.36. The largest absolute Gasteiger partial charge is 0.373 e. The van der Waals surface area contributed by atoms with Crippen molar-refractivity contribution in [1.29, 1.82) is 0 Å². The monoisotopic (exact) mass is 198 g/mol. The molecule has 2 aromatic heterocycles. The average Bonchev–Trinajstić information content (AvgIpc) is 3.11. The van der Waals surface area contributed by atoms with Gasteiger partial charge < -0.3 is 10.6 Å². The summed E-state index contributed by atoms with van der Waals surface area (Å²) in [5.74, 6) is 0.838. The minimum atomic E-state index is 0.838. The number of nitrogens with zero attached hydrogens (tertiary/aromatic N) is 2. The Labute approximate surface area is 87.1 Å². The maximum absolute atomic E-state index is 4.54. The van der Waals surface area contributed by atoms with Crippen molar-refractivity contribution in [2.75, 3.05) is 12.4 Å². The molecular weight excluding hydrogens is 188 g/mol. The van der Waals surface area contributed by atoms with E-state index in [1.54, 1.807) is 0 Å². The lowest BCUT2D eigenvalue weighted by atomic mass is 10.2. The number of anilines is 1. The summed E-state index contributed by atoms with van der Waals surface area (Å²) in [5, 5.41) is 7.10. The van der Waals surface area contributed by atoms with Crippen LogP contribution in [0.4, 0.5) is 5.82 Å². The standard InChI is InChI=1S/C11H10N4/c1-12-11-4-9-7(5-14-11)2-3-8(15-9)10-6-13-10/h2-6,13H,1H3,(H,12,14). The molecule has 0 fully saturated rings. The fourth-order valence-corrected chi connectivity index (χ4v) is 1.49. The normalized spacial score (nSPS) is 13.3. The highest BCUT2D eigenvalue weighted by Gasteiger charge is 2.11. The Hall–Kier alpha value is -2.10. The second-order valence-corrected chi connectivity index (χ2v) is 3.41. The van der Waals surface area contributed by atoms with Gasteiger partial charge in [-0.05, 0) is 12.1 Å². The van der Waals surface area contributed by atoms with Crippen LogP contribution < -0.4 is 10.6 Å². The first-order valence-electron chi connectivity index (χ1n) is 4.78. The van der Waals surface area contributed by atoms with Crippen molar-refractivity contribution in [3.05, 3.63) is 36.3 Å². The van der Waals surface area contributed by atoms with Gasteiger partial charge in [-0.3, -0.25) is 0 Å². The quantitative estimate of drug-likeness (QED) is 0.769. The van der Waals surface area contributed by atoms with Crippen LogP contribution in [0.3, 0.4) is 0 Å². The number of fused-ring (bicyclic) bond motifs is 1. The molecule has 0 saturated heterocycles. The Morgan fingerprint density at radius 3 is 2.93 bits per heavy atom. The van der Waals surface area contributed by atoms with Crippen molar-refractivity contribution < 1.29 is 0 Å². The number of hydrogen-bond acceptors (Lipinski definition) is 4. The van der Waals surface area contributed by atoms with Gasteiger partial charge in [0.1, 0.15) is 5.82 Å². The van der Waals surface area contributed by atoms with Crippen molar-refractivity contribution in [3.63, 3.8) is 0 Å². The molecule has 2 N–H and O–H groups in total. The fourth-order valence-electron chi connectivity index (χ4n) is 1.49. The van der Waals surface area contributed by atoms with Gasteiger partial charge in [-0.25, -0.2) is 9.97 Å². The van der Waals surface area contributed by atoms with E-state index in [4.69, 9.17) is 0 Å². The number of nitrogens with one attached hydrogen (secondary N) is 2. The predicted molar refractivity (Wildman–Crippen MR) is 60.2 cm³/mol. The summed E-state index contributed by atoms with van der Waals surface area (Å²) in [4.78, 5) is 8.77. The molecule has 0 aliphatic carbocycles. The van der Waals surface area contributed by atoms with Gasteiger partial charge in [0, 0.05) is 30.9 Å². The van der Waals surface area contributed by atoms with Crippen LogP contribution in [0.5, 0.6) is 0 Å². The molecule has 0 radical (unpaired) electrons. The summed E-state index contributed by atoms with van der Waals surface area (Å²) in [6.07, 6.45) is 3.76. The molecule has 4 heteroatoms. The van der Waals surface area contributed by atoms with Crippen molar-refractivity contribution in [1.82, 2.24) is 15.3 Å². The van der Waals surface area contributed by atoms with Crippen LogP contribution in [-0.4, -0.2) is 17.0 Å². The molecule has 74 valence electrons. The number of hydrogen-bond donors (Lipinski definition) is 2. The maximum Gasteiger partial charge on any atom is 0.127 e. The Balaban J connectivity index is 2.18. The van der Waals surface area contributed by atoms with Crippen LogP contribution in [0, 0.1) is 0 Å². The third-order valence-electron chi connectivity index (χ3n) is 2.39. The van der Waals surface area contributed by atoms with Crippen LogP contribution in [0.25, 0.3) is 16.6 Å². The SMILES string of the molecule is CNc1cc2nc(C3=CN3)ccc2cn1. The van der Waals surface area contributed by atoms with Gasteiger partial charge in [-0.15, -0.1) is 0 Å². The van der Waals surface area contributed by atoms with E-state index < -0.39 is 0 Å². The van der Waals surface area contributed by atoms with E-state index in [-0.39, 0.29) is 0 Å². The second-order valence-electron chi connectivity index (χ2n) is 3.41. The molecule has 0 unspecified atom stereocenters. The van der Waals surface area contributed by atoms with Crippen LogP contribution in [-0.2, 0) is 0 Å². The molecule has 3 heterocycles. The Kier molecular flexibility index (Phi) is 1.62. The van der Waals surface area contributed by atoms with Crippen molar-refractivity contribution >= 4 is 22.4 Å². The van der Waals surface area contributed by atoms with E-state index >= 15 is 0 Å². The molecule has 1 aliphatic heterocycles. The third-order valence-corrected chi connectivity index (χ3v) is 2.39. The Bertz CT molecular complexity index is 560. The molecule has 0 spiro atoms. The van der Waals surface area contributed by atoms with Crippen LogP contribution >= 0.6 is 0 Å². The van der Waals surface area contributed by atoms with Crippen molar-refractivity contribution in [2.45, 2.75) is 0 Å². The highest BCUT2D eigenvalue weighted by Crippen LogP contribution is 2.21. The van der Waals surface area contributed by atoms with Crippen LogP contribution in [0.2, 0.25) is 0 Å². The van der Waals surface area contributed by atoms with E-state index in [0.29, 0.717) is 0 Å². The predicted octanol–water partition coefficient (Wildman–Crippen LogP) is 1.57. The molecule has 4 nitrogen and oxygen atoms in total. The minimum absolute atomic E-state index is 0.838. The molecule has 0 aromatic carbocycles. The lowest BCUT2D eigenvalue weighted by molar-refractivity contribution is 1.27. The van der Waals surface area contributed by atoms with E-state index in [1.165, 1.54) is 0 Å². The lowest BCUT2D eigenvalue weighted by Gasteiger charge is -2.02. The Morgan fingerprint density at radius 2 is 2.20 bits per heavy atom. The maximum atomic E-state index is 4.54. The first kappa shape index (κ1) is 8.23. The van der Waals surface area contributed by atoms with Gasteiger partial charge in [0.2, 0.25) is 0 Å². The molecule has 0 amide bonds. The summed E-state index contributed by atoms with van der Waals surface area (Å²) < 4.78 is 0. The van der Waals surface area contributed by atoms with Crippen molar-refractivity contribution in [3.8, 4) is 0 Å². The zero-order valence-electron chi connectivity index (χ0n) is 8.28. The van der Waals surface area contributed by atoms with E-state index in [1.807, 2.05) is 37.6 Å². The second kappa shape index (κ2) is 2.95. The van der Waals surface area contributed by atoms with Crippen LogP contribution in [0.1, 0.15) is 5.69 Å². The summed E-state index contributed by atoms with van der Waals surface area (Å²) in [7, 11) is 1.85.